The van der Waals surface area contributed by atoms with Crippen molar-refractivity contribution < 1.29 is 4.79 Å². The van der Waals surface area contributed by atoms with E-state index in [-0.39, 0.29) is 5.91 Å². The van der Waals surface area contributed by atoms with Gasteiger partial charge < -0.3 is 14.0 Å². The topological polar surface area (TPSA) is 56.0 Å². The van der Waals surface area contributed by atoms with Crippen molar-refractivity contribution in [3.05, 3.63) is 34.7 Å². The van der Waals surface area contributed by atoms with Crippen LogP contribution in [0.1, 0.15) is 52.3 Å². The van der Waals surface area contributed by atoms with Crippen LogP contribution in [0.5, 0.6) is 0 Å². The maximum absolute atomic E-state index is 12.9. The zero-order valence-electron chi connectivity index (χ0n) is 13.3. The van der Waals surface area contributed by atoms with Crippen molar-refractivity contribution in [3.8, 4) is 0 Å². The number of nitrogens with zero attached hydrogens (tertiary/aromatic N) is 5. The highest BCUT2D eigenvalue weighted by atomic mass is 16.2. The summed E-state index contributed by atoms with van der Waals surface area (Å²) in [6.45, 7) is 8.16. The molecule has 0 N–H and O–H groups in total. The van der Waals surface area contributed by atoms with Crippen molar-refractivity contribution in [1.29, 1.82) is 0 Å². The summed E-state index contributed by atoms with van der Waals surface area (Å²) in [5, 5.41) is 8.28. The molecule has 116 valence electrons. The number of carbonyl (C=O) groups is 1. The number of rotatable bonds is 2. The van der Waals surface area contributed by atoms with E-state index in [4.69, 9.17) is 0 Å². The minimum absolute atomic E-state index is 0.118. The molecule has 4 rings (SSSR count). The van der Waals surface area contributed by atoms with Crippen LogP contribution in [0.2, 0.25) is 0 Å². The first-order valence-electron chi connectivity index (χ1n) is 7.92. The molecule has 2 aromatic heterocycles. The Hall–Kier alpha value is -2.11. The van der Waals surface area contributed by atoms with E-state index < -0.39 is 0 Å². The lowest BCUT2D eigenvalue weighted by Gasteiger charge is -2.27. The van der Waals surface area contributed by atoms with E-state index >= 15 is 0 Å². The molecule has 1 aliphatic heterocycles. The summed E-state index contributed by atoms with van der Waals surface area (Å²) in [7, 11) is 0. The third kappa shape index (κ3) is 1.97. The normalized spacial score (nSPS) is 17.7. The fourth-order valence-corrected chi connectivity index (χ4v) is 3.54. The highest BCUT2D eigenvalue weighted by Gasteiger charge is 2.31. The van der Waals surface area contributed by atoms with Crippen molar-refractivity contribution >= 4 is 5.91 Å². The van der Waals surface area contributed by atoms with Crippen LogP contribution in [0.25, 0.3) is 0 Å². The molecule has 0 unspecified atom stereocenters. The van der Waals surface area contributed by atoms with Crippen LogP contribution >= 0.6 is 0 Å². The SMILES string of the molecule is Cc1nnc2n1CCN(C(=O)c1cc(C)n(C3CC3)c1C)C2. The molecule has 0 spiro atoms. The number of fused-ring (bicyclic) bond motifs is 1. The molecule has 2 aromatic rings. The molecule has 6 heteroatoms. The molecular weight excluding hydrogens is 278 g/mol. The molecule has 3 heterocycles. The maximum Gasteiger partial charge on any atom is 0.256 e. The standard InChI is InChI=1S/C16H21N5O/c1-10-8-14(11(2)21(10)13-4-5-13)16(22)19-6-7-20-12(3)17-18-15(20)9-19/h8,13H,4-7,9H2,1-3H3. The van der Waals surface area contributed by atoms with Gasteiger partial charge in [-0.15, -0.1) is 10.2 Å². The Morgan fingerprint density at radius 3 is 2.68 bits per heavy atom. The first-order valence-corrected chi connectivity index (χ1v) is 7.92. The smallest absolute Gasteiger partial charge is 0.256 e. The molecule has 0 saturated heterocycles. The largest absolute Gasteiger partial charge is 0.345 e. The number of hydrogen-bond acceptors (Lipinski definition) is 3. The minimum atomic E-state index is 0.118. The molecular formula is C16H21N5O. The van der Waals surface area contributed by atoms with Gasteiger partial charge in [0.15, 0.2) is 5.82 Å². The van der Waals surface area contributed by atoms with E-state index in [2.05, 4.69) is 33.2 Å². The lowest BCUT2D eigenvalue weighted by molar-refractivity contribution is 0.0706. The molecule has 6 nitrogen and oxygen atoms in total. The van der Waals surface area contributed by atoms with Crippen LogP contribution in [-0.4, -0.2) is 36.7 Å². The molecule has 1 aliphatic carbocycles. The lowest BCUT2D eigenvalue weighted by Crippen LogP contribution is -2.38. The number of aromatic nitrogens is 4. The van der Waals surface area contributed by atoms with E-state index in [1.165, 1.54) is 18.5 Å². The van der Waals surface area contributed by atoms with Gasteiger partial charge >= 0.3 is 0 Å². The second-order valence-electron chi connectivity index (χ2n) is 6.43. The first-order chi connectivity index (χ1) is 10.6. The number of hydrogen-bond donors (Lipinski definition) is 0. The van der Waals surface area contributed by atoms with Gasteiger partial charge in [0, 0.05) is 30.5 Å². The Labute approximate surface area is 129 Å². The van der Waals surface area contributed by atoms with Gasteiger partial charge in [-0.1, -0.05) is 0 Å². The lowest BCUT2D eigenvalue weighted by atomic mass is 10.2. The average molecular weight is 299 g/mol. The van der Waals surface area contributed by atoms with Gasteiger partial charge in [-0.3, -0.25) is 4.79 Å². The third-order valence-electron chi connectivity index (χ3n) is 4.85. The number of aryl methyl sites for hydroxylation is 2. The van der Waals surface area contributed by atoms with Gasteiger partial charge in [0.1, 0.15) is 5.82 Å². The Kier molecular flexibility index (Phi) is 2.89. The summed E-state index contributed by atoms with van der Waals surface area (Å²) in [4.78, 5) is 14.8. The third-order valence-corrected chi connectivity index (χ3v) is 4.85. The summed E-state index contributed by atoms with van der Waals surface area (Å²) >= 11 is 0. The van der Waals surface area contributed by atoms with Crippen LogP contribution in [0.4, 0.5) is 0 Å². The van der Waals surface area contributed by atoms with Gasteiger partial charge in [0.25, 0.3) is 5.91 Å². The first kappa shape index (κ1) is 13.5. The zero-order chi connectivity index (χ0) is 15.4. The Morgan fingerprint density at radius 2 is 1.95 bits per heavy atom. The minimum Gasteiger partial charge on any atom is -0.345 e. The van der Waals surface area contributed by atoms with Crippen LogP contribution in [0, 0.1) is 20.8 Å². The summed E-state index contributed by atoms with van der Waals surface area (Å²) in [6.07, 6.45) is 2.46. The quantitative estimate of drug-likeness (QED) is 0.852. The van der Waals surface area contributed by atoms with Crippen molar-refractivity contribution in [2.24, 2.45) is 0 Å². The van der Waals surface area contributed by atoms with Crippen molar-refractivity contribution in [2.45, 2.75) is 52.7 Å². The fraction of sp³-hybridized carbons (Fsp3) is 0.562. The summed E-state index contributed by atoms with van der Waals surface area (Å²) in [5.74, 6) is 1.93. The number of carbonyl (C=O) groups excluding carboxylic acids is 1. The van der Waals surface area contributed by atoms with Crippen LogP contribution in [-0.2, 0) is 13.1 Å². The molecule has 2 aliphatic rings. The maximum atomic E-state index is 12.9. The van der Waals surface area contributed by atoms with E-state index in [9.17, 15) is 4.79 Å². The highest BCUT2D eigenvalue weighted by Crippen LogP contribution is 2.38. The Bertz CT molecular complexity index is 753. The number of amides is 1. The van der Waals surface area contributed by atoms with Gasteiger partial charge in [-0.05, 0) is 39.7 Å². The van der Waals surface area contributed by atoms with Crippen molar-refractivity contribution in [3.63, 3.8) is 0 Å². The second kappa shape index (κ2) is 4.69. The molecule has 22 heavy (non-hydrogen) atoms. The fourth-order valence-electron chi connectivity index (χ4n) is 3.54. The average Bonchev–Trinajstić information content (AvgIpc) is 3.21. The zero-order valence-corrected chi connectivity index (χ0v) is 13.3. The predicted molar refractivity (Wildman–Crippen MR) is 81.7 cm³/mol. The van der Waals surface area contributed by atoms with Crippen molar-refractivity contribution in [2.75, 3.05) is 6.54 Å². The molecule has 1 fully saturated rings. The van der Waals surface area contributed by atoms with Crippen LogP contribution < -0.4 is 0 Å². The van der Waals surface area contributed by atoms with E-state index in [0.29, 0.717) is 12.6 Å². The summed E-state index contributed by atoms with van der Waals surface area (Å²) < 4.78 is 4.42. The van der Waals surface area contributed by atoms with E-state index in [1.807, 2.05) is 17.9 Å². The second-order valence-corrected chi connectivity index (χ2v) is 6.43. The van der Waals surface area contributed by atoms with Gasteiger partial charge in [0.05, 0.1) is 12.1 Å². The molecule has 0 atom stereocenters. The van der Waals surface area contributed by atoms with E-state index in [1.54, 1.807) is 0 Å². The highest BCUT2D eigenvalue weighted by molar-refractivity contribution is 5.95. The molecule has 0 bridgehead atoms. The monoisotopic (exact) mass is 299 g/mol. The predicted octanol–water partition coefficient (Wildman–Crippen LogP) is 2.00. The van der Waals surface area contributed by atoms with Gasteiger partial charge in [-0.2, -0.15) is 0 Å². The van der Waals surface area contributed by atoms with E-state index in [0.717, 1.165) is 36.0 Å². The van der Waals surface area contributed by atoms with Gasteiger partial charge in [0.2, 0.25) is 0 Å². The molecule has 0 aromatic carbocycles. The van der Waals surface area contributed by atoms with Gasteiger partial charge in [-0.25, -0.2) is 0 Å². The summed E-state index contributed by atoms with van der Waals surface area (Å²) in [5.41, 5.74) is 3.14. The van der Waals surface area contributed by atoms with Crippen molar-refractivity contribution in [1.82, 2.24) is 24.2 Å². The Balaban J connectivity index is 1.62. The Morgan fingerprint density at radius 1 is 1.18 bits per heavy atom. The molecule has 0 radical (unpaired) electrons. The summed E-state index contributed by atoms with van der Waals surface area (Å²) in [6, 6.07) is 2.65. The molecule has 1 saturated carbocycles. The van der Waals surface area contributed by atoms with Crippen LogP contribution in [0.3, 0.4) is 0 Å². The molecule has 1 amide bonds. The van der Waals surface area contributed by atoms with Crippen LogP contribution in [0.15, 0.2) is 6.07 Å².